The number of nitrogens with zero attached hydrogens (tertiary/aromatic N) is 3. The van der Waals surface area contributed by atoms with Crippen molar-refractivity contribution in [3.8, 4) is 11.4 Å². The zero-order valence-electron chi connectivity index (χ0n) is 17.6. The molecular weight excluding hydrogens is 416 g/mol. The Hall–Kier alpha value is -4.21. The van der Waals surface area contributed by atoms with Crippen LogP contribution in [0.2, 0.25) is 0 Å². The molecule has 32 heavy (non-hydrogen) atoms. The first-order valence-electron chi connectivity index (χ1n) is 9.84. The number of aryl methyl sites for hydroxylation is 1. The second-order valence-electron chi connectivity index (χ2n) is 6.77. The van der Waals surface area contributed by atoms with E-state index in [0.29, 0.717) is 12.2 Å². The predicted molar refractivity (Wildman–Crippen MR) is 115 cm³/mol. The summed E-state index contributed by atoms with van der Waals surface area (Å²) < 4.78 is 11.9. The molecule has 0 saturated carbocycles. The van der Waals surface area contributed by atoms with E-state index in [9.17, 15) is 19.7 Å². The fraction of sp³-hybridized carbons (Fsp3) is 0.227. The molecule has 3 rings (SSSR count). The Labute approximate surface area is 183 Å². The summed E-state index contributed by atoms with van der Waals surface area (Å²) in [6.45, 7) is 3.77. The molecule has 1 aromatic heterocycles. The standard InChI is InChI=1S/C22H22N4O6/c1-3-31-22(28)21-19(13-25(24-21)17-8-10-18(11-9-17)26(29)30)32-14-20(27)23-12-16-7-5-4-6-15(16)2/h4-11,13H,3,12,14H2,1-2H3,(H,23,27). The van der Waals surface area contributed by atoms with Crippen LogP contribution >= 0.6 is 0 Å². The van der Waals surface area contributed by atoms with Crippen molar-refractivity contribution in [1.29, 1.82) is 0 Å². The van der Waals surface area contributed by atoms with Gasteiger partial charge in [-0.2, -0.15) is 5.10 Å². The summed E-state index contributed by atoms with van der Waals surface area (Å²) in [5.41, 5.74) is 2.34. The third kappa shape index (κ3) is 5.48. The van der Waals surface area contributed by atoms with E-state index in [1.54, 1.807) is 6.92 Å². The Morgan fingerprint density at radius 3 is 2.53 bits per heavy atom. The van der Waals surface area contributed by atoms with Crippen molar-refractivity contribution in [3.63, 3.8) is 0 Å². The average molecular weight is 438 g/mol. The number of nitro groups is 1. The molecule has 0 bridgehead atoms. The van der Waals surface area contributed by atoms with Gasteiger partial charge in [0.25, 0.3) is 11.6 Å². The van der Waals surface area contributed by atoms with Gasteiger partial charge in [-0.05, 0) is 37.1 Å². The minimum atomic E-state index is -0.705. The molecule has 10 nitrogen and oxygen atoms in total. The molecule has 0 unspecified atom stereocenters. The average Bonchev–Trinajstić information content (AvgIpc) is 3.22. The van der Waals surface area contributed by atoms with E-state index in [0.717, 1.165) is 11.1 Å². The van der Waals surface area contributed by atoms with Gasteiger partial charge in [0.15, 0.2) is 12.4 Å². The molecule has 1 amide bonds. The summed E-state index contributed by atoms with van der Waals surface area (Å²) in [5, 5.41) is 17.8. The van der Waals surface area contributed by atoms with Crippen LogP contribution in [0.5, 0.6) is 5.75 Å². The molecule has 166 valence electrons. The Balaban J connectivity index is 1.72. The van der Waals surface area contributed by atoms with Gasteiger partial charge in [-0.25, -0.2) is 9.48 Å². The fourth-order valence-electron chi connectivity index (χ4n) is 2.86. The molecule has 0 fully saturated rings. The van der Waals surface area contributed by atoms with Crippen LogP contribution in [0.15, 0.2) is 54.7 Å². The molecule has 0 aliphatic carbocycles. The summed E-state index contributed by atoms with van der Waals surface area (Å²) in [6.07, 6.45) is 1.42. The topological polar surface area (TPSA) is 126 Å². The Morgan fingerprint density at radius 2 is 1.88 bits per heavy atom. The van der Waals surface area contributed by atoms with Gasteiger partial charge in [-0.3, -0.25) is 14.9 Å². The Bertz CT molecular complexity index is 1120. The highest BCUT2D eigenvalue weighted by Crippen LogP contribution is 2.22. The lowest BCUT2D eigenvalue weighted by Gasteiger charge is -2.09. The first-order chi connectivity index (χ1) is 15.4. The largest absolute Gasteiger partial charge is 0.480 e. The smallest absolute Gasteiger partial charge is 0.362 e. The monoisotopic (exact) mass is 438 g/mol. The van der Waals surface area contributed by atoms with Gasteiger partial charge in [0.2, 0.25) is 5.69 Å². The number of nitrogens with one attached hydrogen (secondary N) is 1. The number of ether oxygens (including phenoxy) is 2. The zero-order valence-corrected chi connectivity index (χ0v) is 17.6. The van der Waals surface area contributed by atoms with E-state index in [4.69, 9.17) is 9.47 Å². The number of non-ortho nitro benzene ring substituents is 1. The summed E-state index contributed by atoms with van der Waals surface area (Å²) in [4.78, 5) is 34.9. The van der Waals surface area contributed by atoms with Gasteiger partial charge < -0.3 is 14.8 Å². The number of aromatic nitrogens is 2. The van der Waals surface area contributed by atoms with Crippen molar-refractivity contribution in [2.75, 3.05) is 13.2 Å². The van der Waals surface area contributed by atoms with E-state index in [1.165, 1.54) is 35.1 Å². The van der Waals surface area contributed by atoms with E-state index in [-0.39, 0.29) is 36.3 Å². The van der Waals surface area contributed by atoms with Gasteiger partial charge in [-0.1, -0.05) is 24.3 Å². The van der Waals surface area contributed by atoms with Crippen molar-refractivity contribution in [2.45, 2.75) is 20.4 Å². The molecule has 0 aliphatic heterocycles. The highest BCUT2D eigenvalue weighted by atomic mass is 16.6. The number of hydrogen-bond donors (Lipinski definition) is 1. The highest BCUT2D eigenvalue weighted by Gasteiger charge is 2.21. The summed E-state index contributed by atoms with van der Waals surface area (Å²) in [6, 6.07) is 13.3. The zero-order chi connectivity index (χ0) is 23.1. The lowest BCUT2D eigenvalue weighted by Crippen LogP contribution is -2.28. The second kappa shape index (κ2) is 10.2. The van der Waals surface area contributed by atoms with Gasteiger partial charge in [0.05, 0.1) is 23.4 Å². The van der Waals surface area contributed by atoms with Crippen LogP contribution in [0.1, 0.15) is 28.5 Å². The van der Waals surface area contributed by atoms with Crippen LogP contribution in [0.3, 0.4) is 0 Å². The van der Waals surface area contributed by atoms with Crippen LogP contribution in [-0.2, 0) is 16.1 Å². The lowest BCUT2D eigenvalue weighted by molar-refractivity contribution is -0.384. The molecule has 10 heteroatoms. The van der Waals surface area contributed by atoms with Gasteiger partial charge in [-0.15, -0.1) is 0 Å². The number of hydrogen-bond acceptors (Lipinski definition) is 7. The molecular formula is C22H22N4O6. The number of carbonyl (C=O) groups excluding carboxylic acids is 2. The number of rotatable bonds is 9. The number of benzene rings is 2. The Morgan fingerprint density at radius 1 is 1.16 bits per heavy atom. The van der Waals surface area contributed by atoms with Crippen LogP contribution in [0.4, 0.5) is 5.69 Å². The maximum Gasteiger partial charge on any atom is 0.362 e. The highest BCUT2D eigenvalue weighted by molar-refractivity contribution is 5.90. The SMILES string of the molecule is CCOC(=O)c1nn(-c2ccc([N+](=O)[O-])cc2)cc1OCC(=O)NCc1ccccc1C. The fourth-order valence-corrected chi connectivity index (χ4v) is 2.86. The predicted octanol–water partition coefficient (Wildman–Crippen LogP) is 2.96. The molecule has 0 aliphatic rings. The van der Waals surface area contributed by atoms with Crippen LogP contribution in [-0.4, -0.2) is 39.8 Å². The van der Waals surface area contributed by atoms with Crippen molar-refractivity contribution in [3.05, 3.63) is 81.7 Å². The van der Waals surface area contributed by atoms with Gasteiger partial charge >= 0.3 is 5.97 Å². The quantitative estimate of drug-likeness (QED) is 0.309. The van der Waals surface area contributed by atoms with Crippen molar-refractivity contribution in [2.24, 2.45) is 0 Å². The van der Waals surface area contributed by atoms with Gasteiger partial charge in [0.1, 0.15) is 0 Å². The van der Waals surface area contributed by atoms with Crippen LogP contribution in [0.25, 0.3) is 5.69 Å². The third-order valence-corrected chi connectivity index (χ3v) is 4.57. The third-order valence-electron chi connectivity index (χ3n) is 4.57. The summed E-state index contributed by atoms with van der Waals surface area (Å²) >= 11 is 0. The maximum absolute atomic E-state index is 12.3. The van der Waals surface area contributed by atoms with Gasteiger partial charge in [0, 0.05) is 18.7 Å². The van der Waals surface area contributed by atoms with E-state index in [1.807, 2.05) is 31.2 Å². The number of amides is 1. The normalized spacial score (nSPS) is 10.4. The number of esters is 1. The summed E-state index contributed by atoms with van der Waals surface area (Å²) in [5.74, 6) is -1.01. The maximum atomic E-state index is 12.3. The molecule has 2 aromatic carbocycles. The summed E-state index contributed by atoms with van der Waals surface area (Å²) in [7, 11) is 0. The van der Waals surface area contributed by atoms with Crippen LogP contribution < -0.4 is 10.1 Å². The van der Waals surface area contributed by atoms with E-state index >= 15 is 0 Å². The van der Waals surface area contributed by atoms with E-state index in [2.05, 4.69) is 10.4 Å². The minimum absolute atomic E-state index is 0.0628. The molecule has 1 heterocycles. The molecule has 0 atom stereocenters. The first-order valence-corrected chi connectivity index (χ1v) is 9.84. The second-order valence-corrected chi connectivity index (χ2v) is 6.77. The van der Waals surface area contributed by atoms with E-state index < -0.39 is 10.9 Å². The molecule has 0 radical (unpaired) electrons. The first kappa shape index (κ1) is 22.5. The number of carbonyl (C=O) groups is 2. The lowest BCUT2D eigenvalue weighted by atomic mass is 10.1. The number of nitro benzene ring substituents is 1. The molecule has 1 N–H and O–H groups in total. The van der Waals surface area contributed by atoms with Crippen molar-refractivity contribution >= 4 is 17.6 Å². The molecule has 0 spiro atoms. The molecule has 0 saturated heterocycles. The van der Waals surface area contributed by atoms with Crippen molar-refractivity contribution < 1.29 is 24.0 Å². The van der Waals surface area contributed by atoms with Crippen LogP contribution in [0, 0.1) is 17.0 Å². The molecule has 3 aromatic rings. The Kier molecular flexibility index (Phi) is 7.17. The van der Waals surface area contributed by atoms with Crippen molar-refractivity contribution in [1.82, 2.24) is 15.1 Å². The minimum Gasteiger partial charge on any atom is -0.480 e.